The molecule has 5 amide bonds. The maximum atomic E-state index is 15.4. The van der Waals surface area contributed by atoms with Crippen LogP contribution < -0.4 is 21.5 Å². The fourth-order valence-corrected chi connectivity index (χ4v) is 10.9. The second kappa shape index (κ2) is 23.9. The molecule has 400 valence electrons. The Morgan fingerprint density at radius 1 is 0.908 bits per heavy atom. The molecule has 5 heterocycles. The molecule has 2 aromatic carbocycles. The van der Waals surface area contributed by atoms with Gasteiger partial charge >= 0.3 is 5.97 Å². The Hall–Kier alpha value is -7.06. The summed E-state index contributed by atoms with van der Waals surface area (Å²) in [4.78, 5) is 135. The first-order chi connectivity index (χ1) is 36.4. The fraction of sp³-hybridized carbons (Fsp3) is 0.446. The maximum absolute atomic E-state index is 15.4. The molecule has 3 atom stereocenters. The number of halogens is 2. The highest BCUT2D eigenvalue weighted by Gasteiger charge is 2.44. The third kappa shape index (κ3) is 12.0. The van der Waals surface area contributed by atoms with Crippen LogP contribution in [0.15, 0.2) is 57.8 Å². The lowest BCUT2D eigenvalue weighted by atomic mass is 9.76. The summed E-state index contributed by atoms with van der Waals surface area (Å²) in [6.07, 6.45) is 4.10. The molecule has 0 radical (unpaired) electrons. The van der Waals surface area contributed by atoms with Crippen LogP contribution in [-0.4, -0.2) is 100 Å². The van der Waals surface area contributed by atoms with Crippen molar-refractivity contribution in [1.29, 1.82) is 0 Å². The monoisotopic (exact) mass is 1110 g/mol. The summed E-state index contributed by atoms with van der Waals surface area (Å²) < 4.78 is 28.3. The third-order valence-corrected chi connectivity index (χ3v) is 15.5. The van der Waals surface area contributed by atoms with E-state index in [1.54, 1.807) is 30.5 Å². The fourth-order valence-electron chi connectivity index (χ4n) is 10.5. The van der Waals surface area contributed by atoms with Gasteiger partial charge in [-0.1, -0.05) is 43.7 Å². The van der Waals surface area contributed by atoms with E-state index in [0.717, 1.165) is 27.0 Å². The largest absolute Gasteiger partial charge is 0.460 e. The number of ketones is 3. The lowest BCUT2D eigenvalue weighted by Gasteiger charge is -2.33. The van der Waals surface area contributed by atoms with Crippen molar-refractivity contribution in [2.75, 3.05) is 32.8 Å². The molecule has 18 nitrogen and oxygen atoms in total. The van der Waals surface area contributed by atoms with Gasteiger partial charge in [0.25, 0.3) is 17.4 Å². The first kappa shape index (κ1) is 55.2. The zero-order chi connectivity index (χ0) is 54.4. The number of carbonyl (C=O) groups is 9. The number of carbonyl (C=O) groups excluding carboxylic acids is 9. The third-order valence-electron chi connectivity index (χ3n) is 15.0. The van der Waals surface area contributed by atoms with Crippen molar-refractivity contribution in [2.45, 2.75) is 122 Å². The summed E-state index contributed by atoms with van der Waals surface area (Å²) in [6.45, 7) is 4.33. The molecule has 3 N–H and O–H groups in total. The molecule has 0 saturated carbocycles. The predicted molar refractivity (Wildman–Crippen MR) is 278 cm³/mol. The summed E-state index contributed by atoms with van der Waals surface area (Å²) in [6, 6.07) is 11.7. The van der Waals surface area contributed by atoms with Crippen LogP contribution in [0.3, 0.4) is 0 Å². The molecule has 76 heavy (non-hydrogen) atoms. The maximum Gasteiger partial charge on any atom is 0.316 e. The van der Waals surface area contributed by atoms with Gasteiger partial charge in [-0.05, 0) is 102 Å². The van der Waals surface area contributed by atoms with E-state index in [1.807, 2.05) is 31.2 Å². The minimum atomic E-state index is -1.04. The SMILES string of the molecule is CC[C@@]1(C)C(=O)OCc2c1cc1n(c2=O)Cc2c-1nc1cc(F)c(C)c3c1c2[C@@H](NC(=O)COCCC(=O)CNC(=O)[C@@H](CC(=O)CNC(=O)CCC(=O)CCCCCN1C(=O)C=C(Br)C1=O)Cc1ccccc1)CC3. The molecule has 8 rings (SSSR count). The number of benzene rings is 2. The van der Waals surface area contributed by atoms with E-state index in [2.05, 4.69) is 31.9 Å². The van der Waals surface area contributed by atoms with Gasteiger partial charge in [0.2, 0.25) is 17.7 Å². The van der Waals surface area contributed by atoms with Crippen molar-refractivity contribution in [3.8, 4) is 11.4 Å². The van der Waals surface area contributed by atoms with Gasteiger partial charge in [-0.2, -0.15) is 0 Å². The minimum absolute atomic E-state index is 0.0210. The van der Waals surface area contributed by atoms with Gasteiger partial charge in [0.05, 0.1) is 64.6 Å². The topological polar surface area (TPSA) is 246 Å². The molecule has 0 unspecified atom stereocenters. The second-order valence-electron chi connectivity index (χ2n) is 20.0. The van der Waals surface area contributed by atoms with E-state index in [9.17, 15) is 47.9 Å². The van der Waals surface area contributed by atoms with Crippen molar-refractivity contribution in [3.63, 3.8) is 0 Å². The van der Waals surface area contributed by atoms with E-state index in [1.165, 1.54) is 12.1 Å². The zero-order valence-electron chi connectivity index (χ0n) is 42.7. The van der Waals surface area contributed by atoms with Crippen molar-refractivity contribution < 1.29 is 57.0 Å². The van der Waals surface area contributed by atoms with Gasteiger partial charge in [0.1, 0.15) is 24.8 Å². The van der Waals surface area contributed by atoms with Crippen LogP contribution in [0.5, 0.6) is 0 Å². The van der Waals surface area contributed by atoms with Gasteiger partial charge in [-0.15, -0.1) is 0 Å². The van der Waals surface area contributed by atoms with Crippen molar-refractivity contribution in [3.05, 3.63) is 108 Å². The molecule has 1 aliphatic carbocycles. The van der Waals surface area contributed by atoms with Gasteiger partial charge in [0, 0.05) is 67.7 Å². The highest BCUT2D eigenvalue weighted by atomic mass is 79.9. The number of cyclic esters (lactones) is 1. The predicted octanol–water partition coefficient (Wildman–Crippen LogP) is 5.28. The number of Topliss-reactive ketones (excluding diaryl/α,β-unsaturated/α-hetero) is 3. The van der Waals surface area contributed by atoms with E-state index in [0.29, 0.717) is 77.7 Å². The molecular weight excluding hydrogens is 1050 g/mol. The first-order valence-electron chi connectivity index (χ1n) is 25.7. The molecule has 4 aliphatic rings. The van der Waals surface area contributed by atoms with Gasteiger partial charge in [-0.3, -0.25) is 52.8 Å². The molecule has 0 spiro atoms. The standard InChI is InChI=1S/C56H60BrFN6O12/c1-4-56(3)40-23-45-51-38(28-64(45)53(72)39(40)29-76-55(56)74)50-43(16-15-37-31(2)42(58)25-44(62-51)49(37)50)61-47(69)30-75-20-18-35(66)26-60-52(71)33(21-32-11-7-5-8-12-32)22-36(67)27-59-46(68)17-14-34(65)13-9-6-10-19-63-48(70)24-41(57)54(63)73/h5,7-8,11-12,23-25,33,43H,4,6,9-10,13-22,26-30H2,1-3H3,(H,59,68)(H,60,71)(H,61,69)/t33-,43+,56-/m1/s1. The first-order valence-corrected chi connectivity index (χ1v) is 26.5. The smallest absolute Gasteiger partial charge is 0.316 e. The van der Waals surface area contributed by atoms with E-state index >= 15 is 4.39 Å². The van der Waals surface area contributed by atoms with Crippen LogP contribution in [0.4, 0.5) is 4.39 Å². The molecule has 3 aliphatic heterocycles. The number of pyridine rings is 2. The number of hydrogen-bond acceptors (Lipinski definition) is 13. The molecular formula is C56H60BrFN6O12. The number of rotatable bonds is 25. The van der Waals surface area contributed by atoms with E-state index in [-0.39, 0.29) is 111 Å². The Balaban J connectivity index is 0.800. The number of unbranched alkanes of at least 4 members (excludes halogenated alkanes) is 2. The molecule has 2 aromatic heterocycles. The van der Waals surface area contributed by atoms with Crippen LogP contribution in [0.25, 0.3) is 22.3 Å². The average Bonchev–Trinajstić information content (AvgIpc) is 3.97. The van der Waals surface area contributed by atoms with Gasteiger partial charge < -0.3 is 30.0 Å². The number of aryl methyl sites for hydroxylation is 1. The summed E-state index contributed by atoms with van der Waals surface area (Å²) >= 11 is 3.05. The number of hydrogen-bond donors (Lipinski definition) is 3. The quantitative estimate of drug-likeness (QED) is 0.0383. The lowest BCUT2D eigenvalue weighted by Crippen LogP contribution is -2.42. The molecule has 0 bridgehead atoms. The number of nitrogens with one attached hydrogen (secondary N) is 3. The summed E-state index contributed by atoms with van der Waals surface area (Å²) in [5, 5.41) is 8.94. The Kier molecular flexibility index (Phi) is 17.3. The van der Waals surface area contributed by atoms with Crippen LogP contribution >= 0.6 is 15.9 Å². The summed E-state index contributed by atoms with van der Waals surface area (Å²) in [5.41, 5.74) is 4.49. The average molecular weight is 1110 g/mol. The lowest BCUT2D eigenvalue weighted by molar-refractivity contribution is -0.153. The normalized spacial score (nSPS) is 17.6. The van der Waals surface area contributed by atoms with Crippen molar-refractivity contribution in [2.24, 2.45) is 5.92 Å². The summed E-state index contributed by atoms with van der Waals surface area (Å²) in [7, 11) is 0. The number of fused-ring (bicyclic) bond motifs is 5. The number of amides is 5. The minimum Gasteiger partial charge on any atom is -0.460 e. The van der Waals surface area contributed by atoms with Crippen molar-refractivity contribution in [1.82, 2.24) is 30.4 Å². The number of nitrogens with zero attached hydrogens (tertiary/aromatic N) is 3. The number of imide groups is 1. The van der Waals surface area contributed by atoms with Crippen LogP contribution in [0, 0.1) is 18.7 Å². The molecule has 4 aromatic rings. The Bertz CT molecular complexity index is 3160. The highest BCUT2D eigenvalue weighted by molar-refractivity contribution is 9.12. The Labute approximate surface area is 446 Å². The van der Waals surface area contributed by atoms with E-state index < -0.39 is 59.3 Å². The molecule has 0 saturated heterocycles. The van der Waals surface area contributed by atoms with E-state index in [4.69, 9.17) is 14.5 Å². The number of aromatic nitrogens is 2. The van der Waals surface area contributed by atoms with Crippen LogP contribution in [0.2, 0.25) is 0 Å². The Morgan fingerprint density at radius 3 is 2.41 bits per heavy atom. The molecule has 0 fully saturated rings. The van der Waals surface area contributed by atoms with Crippen molar-refractivity contribution >= 4 is 79.7 Å². The van der Waals surface area contributed by atoms with Gasteiger partial charge in [-0.25, -0.2) is 9.37 Å². The number of esters is 1. The van der Waals surface area contributed by atoms with Gasteiger partial charge in [0.15, 0.2) is 11.6 Å². The molecule has 20 heteroatoms. The summed E-state index contributed by atoms with van der Waals surface area (Å²) in [5.74, 6) is -4.89. The number of ether oxygens (including phenoxy) is 2. The van der Waals surface area contributed by atoms with Crippen LogP contribution in [0.1, 0.15) is 123 Å². The second-order valence-corrected chi connectivity index (χ2v) is 20.9. The zero-order valence-corrected chi connectivity index (χ0v) is 44.3. The Morgan fingerprint density at radius 2 is 1.67 bits per heavy atom. The highest BCUT2D eigenvalue weighted by Crippen LogP contribution is 2.46. The van der Waals surface area contributed by atoms with Crippen LogP contribution in [-0.2, 0) is 84.0 Å².